The molecule has 2 aliphatic rings. The first-order chi connectivity index (χ1) is 17.1. The number of nitrogens with zero attached hydrogens (tertiary/aromatic N) is 3. The van der Waals surface area contributed by atoms with Gasteiger partial charge in [0.05, 0.1) is 5.56 Å². The number of nitrogens with one attached hydrogen (secondary N) is 2. The van der Waals surface area contributed by atoms with Crippen LogP contribution in [0.1, 0.15) is 30.0 Å². The van der Waals surface area contributed by atoms with Gasteiger partial charge in [-0.25, -0.2) is 28.3 Å². The summed E-state index contributed by atoms with van der Waals surface area (Å²) in [4.78, 5) is 31.0. The Kier molecular flexibility index (Phi) is 7.57. The molecule has 2 aromatic rings. The van der Waals surface area contributed by atoms with E-state index >= 15 is 0 Å². The number of anilines is 1. The second-order valence-electron chi connectivity index (χ2n) is 8.46. The first kappa shape index (κ1) is 25.6. The second-order valence-corrected chi connectivity index (χ2v) is 8.46. The molecule has 0 aliphatic carbocycles. The van der Waals surface area contributed by atoms with Crippen LogP contribution in [0.3, 0.4) is 0 Å². The Morgan fingerprint density at radius 3 is 2.56 bits per heavy atom. The number of carbonyl (C=O) groups excluding carboxylic acids is 2. The van der Waals surface area contributed by atoms with Gasteiger partial charge >= 0.3 is 18.3 Å². The number of amides is 3. The predicted octanol–water partition coefficient (Wildman–Crippen LogP) is 3.84. The standard InChI is InChI=1S/C23H24F5N5O3/c24-17-4-3-14(12-18(17)25)19-13-36-22(35)33(19)21(34)31-9-8-29-15-5-10-32(11-6-15)20-16(23(26,27)28)2-1-7-30-20/h1-4,7,12,15,19,29H,5-6,8-11,13H2,(H,31,34). The number of pyridine rings is 1. The average Bonchev–Trinajstić information content (AvgIpc) is 3.24. The summed E-state index contributed by atoms with van der Waals surface area (Å²) in [6, 6.07) is 3.79. The molecule has 3 heterocycles. The molecule has 36 heavy (non-hydrogen) atoms. The summed E-state index contributed by atoms with van der Waals surface area (Å²) in [5.41, 5.74) is -0.539. The highest BCUT2D eigenvalue weighted by Crippen LogP contribution is 2.36. The molecule has 2 aliphatic heterocycles. The van der Waals surface area contributed by atoms with Gasteiger partial charge in [0.1, 0.15) is 18.5 Å². The number of carbonyl (C=O) groups is 2. The van der Waals surface area contributed by atoms with Crippen molar-refractivity contribution in [1.82, 2.24) is 20.5 Å². The van der Waals surface area contributed by atoms with Crippen LogP contribution in [0.5, 0.6) is 0 Å². The van der Waals surface area contributed by atoms with Gasteiger partial charge in [0.15, 0.2) is 11.6 Å². The fourth-order valence-corrected chi connectivity index (χ4v) is 4.31. The lowest BCUT2D eigenvalue weighted by Gasteiger charge is -2.34. The summed E-state index contributed by atoms with van der Waals surface area (Å²) < 4.78 is 71.5. The minimum absolute atomic E-state index is 0.0305. The molecule has 194 valence electrons. The third-order valence-corrected chi connectivity index (χ3v) is 6.14. The van der Waals surface area contributed by atoms with E-state index in [4.69, 9.17) is 4.74 Å². The van der Waals surface area contributed by atoms with Crippen LogP contribution < -0.4 is 15.5 Å². The summed E-state index contributed by atoms with van der Waals surface area (Å²) in [6.07, 6.45) is -2.88. The molecule has 2 saturated heterocycles. The normalized spacial score (nSPS) is 18.9. The molecule has 1 aromatic carbocycles. The van der Waals surface area contributed by atoms with Crippen LogP contribution in [-0.2, 0) is 10.9 Å². The van der Waals surface area contributed by atoms with Gasteiger partial charge in [-0.1, -0.05) is 6.07 Å². The zero-order valence-electron chi connectivity index (χ0n) is 19.0. The molecule has 1 unspecified atom stereocenters. The fraction of sp³-hybridized carbons (Fsp3) is 0.435. The maximum absolute atomic E-state index is 13.6. The van der Waals surface area contributed by atoms with Crippen LogP contribution in [0.4, 0.5) is 37.4 Å². The van der Waals surface area contributed by atoms with E-state index in [1.54, 1.807) is 4.90 Å². The summed E-state index contributed by atoms with van der Waals surface area (Å²) in [7, 11) is 0. The van der Waals surface area contributed by atoms with Crippen molar-refractivity contribution in [1.29, 1.82) is 0 Å². The van der Waals surface area contributed by atoms with Gasteiger partial charge in [0.2, 0.25) is 0 Å². The smallest absolute Gasteiger partial charge is 0.419 e. The Balaban J connectivity index is 1.24. The van der Waals surface area contributed by atoms with Crippen molar-refractivity contribution in [2.24, 2.45) is 0 Å². The van der Waals surface area contributed by atoms with E-state index in [0.29, 0.717) is 32.5 Å². The number of alkyl halides is 3. The Bertz CT molecular complexity index is 1110. The van der Waals surface area contributed by atoms with Crippen LogP contribution in [0, 0.1) is 11.6 Å². The van der Waals surface area contributed by atoms with E-state index < -0.39 is 41.5 Å². The monoisotopic (exact) mass is 513 g/mol. The van der Waals surface area contributed by atoms with Gasteiger partial charge in [-0.2, -0.15) is 13.2 Å². The number of rotatable bonds is 6. The van der Waals surface area contributed by atoms with Crippen LogP contribution in [0.15, 0.2) is 36.5 Å². The van der Waals surface area contributed by atoms with Gasteiger partial charge in [-0.15, -0.1) is 0 Å². The van der Waals surface area contributed by atoms with Gasteiger partial charge < -0.3 is 20.3 Å². The van der Waals surface area contributed by atoms with Crippen molar-refractivity contribution in [2.45, 2.75) is 31.1 Å². The molecule has 1 aromatic heterocycles. The van der Waals surface area contributed by atoms with Crippen molar-refractivity contribution in [2.75, 3.05) is 37.7 Å². The number of cyclic esters (lactones) is 1. The Morgan fingerprint density at radius 1 is 1.11 bits per heavy atom. The third-order valence-electron chi connectivity index (χ3n) is 6.14. The molecule has 0 spiro atoms. The van der Waals surface area contributed by atoms with Gasteiger partial charge in [-0.3, -0.25) is 0 Å². The lowest BCUT2D eigenvalue weighted by Crippen LogP contribution is -2.47. The minimum Gasteiger partial charge on any atom is -0.446 e. The quantitative estimate of drug-likeness (QED) is 0.451. The number of piperidine rings is 1. The van der Waals surface area contributed by atoms with E-state index in [9.17, 15) is 31.5 Å². The maximum Gasteiger partial charge on any atom is 0.419 e. The molecule has 8 nitrogen and oxygen atoms in total. The Hall–Kier alpha value is -3.48. The molecule has 2 fully saturated rings. The molecular formula is C23H24F5N5O3. The Morgan fingerprint density at radius 2 is 1.86 bits per heavy atom. The van der Waals surface area contributed by atoms with Crippen molar-refractivity contribution < 1.29 is 36.3 Å². The number of benzene rings is 1. The van der Waals surface area contributed by atoms with Crippen LogP contribution in [0.2, 0.25) is 0 Å². The first-order valence-electron chi connectivity index (χ1n) is 11.3. The van der Waals surface area contributed by atoms with E-state index in [1.807, 2.05) is 0 Å². The van der Waals surface area contributed by atoms with Crippen LogP contribution in [-0.4, -0.2) is 60.8 Å². The fourth-order valence-electron chi connectivity index (χ4n) is 4.31. The SMILES string of the molecule is O=C(NCCNC1CCN(c2ncccc2C(F)(F)F)CC1)N1C(=O)OCC1c1ccc(F)c(F)c1. The lowest BCUT2D eigenvalue weighted by atomic mass is 10.0. The largest absolute Gasteiger partial charge is 0.446 e. The molecule has 4 rings (SSSR count). The molecule has 3 amide bonds. The Labute approximate surface area is 203 Å². The number of hydrogen-bond acceptors (Lipinski definition) is 6. The molecule has 1 atom stereocenters. The van der Waals surface area contributed by atoms with E-state index in [0.717, 1.165) is 23.1 Å². The zero-order chi connectivity index (χ0) is 25.9. The van der Waals surface area contributed by atoms with Crippen molar-refractivity contribution >= 4 is 17.9 Å². The van der Waals surface area contributed by atoms with Gasteiger partial charge in [-0.05, 0) is 42.7 Å². The third kappa shape index (κ3) is 5.66. The predicted molar refractivity (Wildman–Crippen MR) is 118 cm³/mol. The highest BCUT2D eigenvalue weighted by atomic mass is 19.4. The summed E-state index contributed by atoms with van der Waals surface area (Å²) in [6.45, 7) is 1.11. The summed E-state index contributed by atoms with van der Waals surface area (Å²) in [5.74, 6) is -2.22. The minimum atomic E-state index is -4.48. The number of urea groups is 1. The second kappa shape index (κ2) is 10.6. The molecule has 13 heteroatoms. The van der Waals surface area contributed by atoms with Crippen molar-refractivity contribution in [3.63, 3.8) is 0 Å². The van der Waals surface area contributed by atoms with E-state index in [2.05, 4.69) is 15.6 Å². The first-order valence-corrected chi connectivity index (χ1v) is 11.3. The number of halogens is 5. The van der Waals surface area contributed by atoms with Gasteiger partial charge in [0.25, 0.3) is 0 Å². The molecule has 0 radical (unpaired) electrons. The number of aromatic nitrogens is 1. The molecule has 0 saturated carbocycles. The lowest BCUT2D eigenvalue weighted by molar-refractivity contribution is -0.137. The van der Waals surface area contributed by atoms with Gasteiger partial charge in [0, 0.05) is 38.4 Å². The van der Waals surface area contributed by atoms with Crippen LogP contribution >= 0.6 is 0 Å². The van der Waals surface area contributed by atoms with E-state index in [-0.39, 0.29) is 30.6 Å². The van der Waals surface area contributed by atoms with Crippen molar-refractivity contribution in [3.05, 3.63) is 59.3 Å². The van der Waals surface area contributed by atoms with E-state index in [1.165, 1.54) is 18.3 Å². The summed E-state index contributed by atoms with van der Waals surface area (Å²) >= 11 is 0. The average molecular weight is 513 g/mol. The highest BCUT2D eigenvalue weighted by Gasteiger charge is 2.39. The molecular weight excluding hydrogens is 489 g/mol. The molecule has 2 N–H and O–H groups in total. The number of imide groups is 1. The maximum atomic E-state index is 13.6. The summed E-state index contributed by atoms with van der Waals surface area (Å²) in [5, 5.41) is 5.83. The van der Waals surface area contributed by atoms with Crippen molar-refractivity contribution in [3.8, 4) is 0 Å². The van der Waals surface area contributed by atoms with Crippen LogP contribution in [0.25, 0.3) is 0 Å². The highest BCUT2D eigenvalue weighted by molar-refractivity contribution is 5.92. The zero-order valence-corrected chi connectivity index (χ0v) is 19.0. The number of ether oxygens (including phenoxy) is 1. The topological polar surface area (TPSA) is 86.8 Å². The number of hydrogen-bond donors (Lipinski definition) is 2. The molecule has 0 bridgehead atoms.